The summed E-state index contributed by atoms with van der Waals surface area (Å²) in [6, 6.07) is 3.72. The number of rotatable bonds is 4. The van der Waals surface area contributed by atoms with Gasteiger partial charge in [0, 0.05) is 13.2 Å². The number of aromatic nitrogens is 1. The lowest BCUT2D eigenvalue weighted by Crippen LogP contribution is -1.93. The quantitative estimate of drug-likeness (QED) is 0.583. The minimum Gasteiger partial charge on any atom is -0.509 e. The fourth-order valence-corrected chi connectivity index (χ4v) is 1.19. The first kappa shape index (κ1) is 11.0. The Bertz CT molecular complexity index is 408. The third kappa shape index (κ3) is 2.98. The first-order valence-corrected chi connectivity index (χ1v) is 4.53. The molecular formula is C12H14N2O. The fraction of sp³-hybridized carbons (Fsp3) is 0.0833. The Morgan fingerprint density at radius 3 is 2.87 bits per heavy atom. The molecule has 1 rings (SSSR count). The molecule has 2 N–H and O–H groups in total. The van der Waals surface area contributed by atoms with E-state index in [4.69, 9.17) is 5.11 Å². The number of aliphatic hydroxyl groups is 1. The Hall–Kier alpha value is -2.03. The van der Waals surface area contributed by atoms with Gasteiger partial charge in [0.1, 0.15) is 11.6 Å². The molecule has 0 fully saturated rings. The van der Waals surface area contributed by atoms with Gasteiger partial charge in [-0.2, -0.15) is 0 Å². The zero-order valence-electron chi connectivity index (χ0n) is 8.70. The van der Waals surface area contributed by atoms with Crippen LogP contribution >= 0.6 is 0 Å². The molecule has 0 saturated heterocycles. The molecule has 3 nitrogen and oxygen atoms in total. The van der Waals surface area contributed by atoms with E-state index < -0.39 is 0 Å². The second-order valence-corrected chi connectivity index (χ2v) is 2.97. The topological polar surface area (TPSA) is 45.2 Å². The summed E-state index contributed by atoms with van der Waals surface area (Å²) in [5, 5.41) is 12.0. The summed E-state index contributed by atoms with van der Waals surface area (Å²) >= 11 is 0. The average molecular weight is 202 g/mol. The molecule has 15 heavy (non-hydrogen) atoms. The zero-order valence-corrected chi connectivity index (χ0v) is 8.70. The molecular weight excluding hydrogens is 188 g/mol. The van der Waals surface area contributed by atoms with Crippen LogP contribution in [0.5, 0.6) is 0 Å². The van der Waals surface area contributed by atoms with Crippen molar-refractivity contribution in [2.45, 2.75) is 0 Å². The van der Waals surface area contributed by atoms with E-state index in [1.165, 1.54) is 0 Å². The van der Waals surface area contributed by atoms with Crippen molar-refractivity contribution in [1.29, 1.82) is 0 Å². The number of nitrogens with zero attached hydrogens (tertiary/aromatic N) is 1. The summed E-state index contributed by atoms with van der Waals surface area (Å²) in [6.45, 7) is 7.10. The van der Waals surface area contributed by atoms with E-state index in [1.54, 1.807) is 25.4 Å². The molecule has 0 saturated carbocycles. The minimum absolute atomic E-state index is 0.00715. The Morgan fingerprint density at radius 2 is 2.33 bits per heavy atom. The number of pyridine rings is 1. The summed E-state index contributed by atoms with van der Waals surface area (Å²) in [7, 11) is 1.80. The molecule has 0 aromatic carbocycles. The van der Waals surface area contributed by atoms with Crippen LogP contribution in [0.25, 0.3) is 5.57 Å². The van der Waals surface area contributed by atoms with Gasteiger partial charge in [0.15, 0.2) is 0 Å². The molecule has 1 aromatic heterocycles. The number of aliphatic hydroxyl groups excluding tert-OH is 1. The minimum atomic E-state index is 0.00715. The van der Waals surface area contributed by atoms with E-state index in [9.17, 15) is 0 Å². The van der Waals surface area contributed by atoms with Crippen LogP contribution in [0.4, 0.5) is 5.82 Å². The van der Waals surface area contributed by atoms with Gasteiger partial charge in [-0.1, -0.05) is 19.2 Å². The van der Waals surface area contributed by atoms with Gasteiger partial charge in [0.25, 0.3) is 0 Å². The lowest BCUT2D eigenvalue weighted by atomic mass is 10.1. The molecule has 1 heterocycles. The number of hydrogen-bond donors (Lipinski definition) is 2. The van der Waals surface area contributed by atoms with Crippen LogP contribution in [-0.2, 0) is 0 Å². The van der Waals surface area contributed by atoms with Gasteiger partial charge in [-0.05, 0) is 29.3 Å². The predicted octanol–water partition coefficient (Wildman–Crippen LogP) is 2.76. The largest absolute Gasteiger partial charge is 0.509 e. The van der Waals surface area contributed by atoms with Crippen molar-refractivity contribution >= 4 is 11.4 Å². The fourth-order valence-electron chi connectivity index (χ4n) is 1.19. The van der Waals surface area contributed by atoms with E-state index >= 15 is 0 Å². The molecule has 1 aromatic rings. The van der Waals surface area contributed by atoms with E-state index in [0.29, 0.717) is 0 Å². The highest BCUT2D eigenvalue weighted by Gasteiger charge is 1.99. The van der Waals surface area contributed by atoms with E-state index in [0.717, 1.165) is 17.0 Å². The molecule has 0 aliphatic rings. The van der Waals surface area contributed by atoms with Crippen molar-refractivity contribution < 1.29 is 5.11 Å². The van der Waals surface area contributed by atoms with Crippen LogP contribution in [0.15, 0.2) is 49.4 Å². The maximum absolute atomic E-state index is 9.09. The maximum Gasteiger partial charge on any atom is 0.126 e. The summed E-state index contributed by atoms with van der Waals surface area (Å²) < 4.78 is 0. The number of hydrogen-bond acceptors (Lipinski definition) is 3. The Kier molecular flexibility index (Phi) is 3.68. The van der Waals surface area contributed by atoms with Crippen LogP contribution in [-0.4, -0.2) is 17.1 Å². The summed E-state index contributed by atoms with van der Waals surface area (Å²) in [5.41, 5.74) is 1.74. The highest BCUT2D eigenvalue weighted by molar-refractivity contribution is 5.76. The van der Waals surface area contributed by atoms with Gasteiger partial charge < -0.3 is 10.4 Å². The molecule has 0 radical (unpaired) electrons. The normalized spacial score (nSPS) is 10.9. The van der Waals surface area contributed by atoms with Gasteiger partial charge in [0.2, 0.25) is 0 Å². The van der Waals surface area contributed by atoms with Gasteiger partial charge in [0.05, 0.1) is 0 Å². The summed E-state index contributed by atoms with van der Waals surface area (Å²) in [6.07, 6.45) is 4.91. The number of nitrogens with one attached hydrogen (secondary N) is 1. The van der Waals surface area contributed by atoms with Gasteiger partial charge in [-0.15, -0.1) is 0 Å². The maximum atomic E-state index is 9.09. The van der Waals surface area contributed by atoms with Crippen molar-refractivity contribution in [2.75, 3.05) is 12.4 Å². The summed E-state index contributed by atoms with van der Waals surface area (Å²) in [4.78, 5) is 4.10. The van der Waals surface area contributed by atoms with E-state index in [2.05, 4.69) is 23.5 Å². The predicted molar refractivity (Wildman–Crippen MR) is 63.7 cm³/mol. The Balaban J connectivity index is 3.12. The van der Waals surface area contributed by atoms with Crippen LogP contribution in [0.1, 0.15) is 5.56 Å². The lowest BCUT2D eigenvalue weighted by molar-refractivity contribution is 0.435. The molecule has 0 bridgehead atoms. The number of allylic oxidation sites excluding steroid dienone is 3. The molecule has 0 atom stereocenters. The molecule has 0 amide bonds. The highest BCUT2D eigenvalue weighted by Crippen LogP contribution is 2.18. The van der Waals surface area contributed by atoms with Crippen molar-refractivity contribution in [3.05, 3.63) is 55.0 Å². The number of anilines is 1. The van der Waals surface area contributed by atoms with Crippen molar-refractivity contribution in [3.8, 4) is 0 Å². The first-order valence-electron chi connectivity index (χ1n) is 4.53. The van der Waals surface area contributed by atoms with Crippen LogP contribution < -0.4 is 5.32 Å². The molecule has 0 aliphatic carbocycles. The Labute approximate surface area is 89.5 Å². The van der Waals surface area contributed by atoms with Crippen molar-refractivity contribution in [1.82, 2.24) is 4.98 Å². The van der Waals surface area contributed by atoms with Crippen LogP contribution in [0.3, 0.4) is 0 Å². The lowest BCUT2D eigenvalue weighted by Gasteiger charge is -2.04. The standard InChI is InChI=1S/C12H14N2O/c1-4-10(7-9(2)15)11-5-6-14-12(8-11)13-3/h4-8,15H,1-2H2,3H3,(H,13,14)/b10-7+. The van der Waals surface area contributed by atoms with E-state index in [-0.39, 0.29) is 5.76 Å². The SMILES string of the molecule is C=C/C(=C\C(=C)O)c1ccnc(NC)c1. The van der Waals surface area contributed by atoms with Gasteiger partial charge in [-0.3, -0.25) is 0 Å². The van der Waals surface area contributed by atoms with Crippen LogP contribution in [0, 0.1) is 0 Å². The second-order valence-electron chi connectivity index (χ2n) is 2.97. The molecule has 0 aliphatic heterocycles. The third-order valence-corrected chi connectivity index (χ3v) is 1.89. The van der Waals surface area contributed by atoms with Gasteiger partial charge >= 0.3 is 0 Å². The smallest absolute Gasteiger partial charge is 0.126 e. The highest BCUT2D eigenvalue weighted by atomic mass is 16.3. The molecule has 78 valence electrons. The average Bonchev–Trinajstić information content (AvgIpc) is 2.25. The van der Waals surface area contributed by atoms with Gasteiger partial charge in [-0.25, -0.2) is 4.98 Å². The third-order valence-electron chi connectivity index (χ3n) is 1.89. The first-order chi connectivity index (χ1) is 7.17. The molecule has 0 spiro atoms. The van der Waals surface area contributed by atoms with Crippen molar-refractivity contribution in [2.24, 2.45) is 0 Å². The van der Waals surface area contributed by atoms with E-state index in [1.807, 2.05) is 12.1 Å². The Morgan fingerprint density at radius 1 is 1.60 bits per heavy atom. The van der Waals surface area contributed by atoms with Crippen LogP contribution in [0.2, 0.25) is 0 Å². The summed E-state index contributed by atoms with van der Waals surface area (Å²) in [5.74, 6) is 0.775. The molecule has 0 unspecified atom stereocenters. The van der Waals surface area contributed by atoms with Crippen molar-refractivity contribution in [3.63, 3.8) is 0 Å². The molecule has 3 heteroatoms. The monoisotopic (exact) mass is 202 g/mol. The second kappa shape index (κ2) is 5.00. The zero-order chi connectivity index (χ0) is 11.3.